The minimum absolute atomic E-state index is 0.396. The van der Waals surface area contributed by atoms with Crippen molar-refractivity contribution < 1.29 is 8.42 Å². The monoisotopic (exact) mass is 468 g/mol. The van der Waals surface area contributed by atoms with Crippen molar-refractivity contribution in [2.75, 3.05) is 44.2 Å². The molecule has 2 N–H and O–H groups in total. The van der Waals surface area contributed by atoms with Gasteiger partial charge in [0.25, 0.3) is 0 Å². The summed E-state index contributed by atoms with van der Waals surface area (Å²) in [6.07, 6.45) is 3.83. The highest BCUT2D eigenvalue weighted by Gasteiger charge is 2.19. The molecule has 8 heteroatoms. The van der Waals surface area contributed by atoms with Gasteiger partial charge in [-0.1, -0.05) is 24.3 Å². The number of nitrogens with zero attached hydrogens (tertiary/aromatic N) is 2. The molecule has 0 bridgehead atoms. The van der Waals surface area contributed by atoms with Gasteiger partial charge < -0.3 is 9.88 Å². The number of nitrogens with one attached hydrogen (secondary N) is 2. The summed E-state index contributed by atoms with van der Waals surface area (Å²) >= 11 is 1.32. The Hall–Kier alpha value is -2.39. The SMILES string of the molecule is O=S(=O)(NCCCCN1CCN(c2cccc3[nH]ccc23)CC1)c1cc2ccccc2s1. The second-order valence-corrected chi connectivity index (χ2v) is 11.3. The topological polar surface area (TPSA) is 68.4 Å². The van der Waals surface area contributed by atoms with Crippen LogP contribution >= 0.6 is 11.3 Å². The van der Waals surface area contributed by atoms with Gasteiger partial charge in [0, 0.05) is 60.2 Å². The first kappa shape index (κ1) is 21.5. The number of aromatic nitrogens is 1. The Kier molecular flexibility index (Phi) is 6.19. The predicted molar refractivity (Wildman–Crippen MR) is 133 cm³/mol. The molecule has 3 heterocycles. The highest BCUT2D eigenvalue weighted by Crippen LogP contribution is 2.29. The van der Waals surface area contributed by atoms with E-state index < -0.39 is 10.0 Å². The van der Waals surface area contributed by atoms with E-state index >= 15 is 0 Å². The van der Waals surface area contributed by atoms with Crippen molar-refractivity contribution in [2.45, 2.75) is 17.1 Å². The van der Waals surface area contributed by atoms with E-state index in [0.717, 1.165) is 55.7 Å². The number of thiophene rings is 1. The molecule has 1 aliphatic rings. The summed E-state index contributed by atoms with van der Waals surface area (Å²) < 4.78 is 29.3. The summed E-state index contributed by atoms with van der Waals surface area (Å²) in [6.45, 7) is 5.59. The molecule has 0 spiro atoms. The van der Waals surface area contributed by atoms with Crippen molar-refractivity contribution in [1.82, 2.24) is 14.6 Å². The summed E-state index contributed by atoms with van der Waals surface area (Å²) in [5.41, 5.74) is 2.49. The molecule has 5 rings (SSSR count). The number of hydrogen-bond acceptors (Lipinski definition) is 5. The van der Waals surface area contributed by atoms with Crippen LogP contribution in [0, 0.1) is 0 Å². The number of hydrogen-bond donors (Lipinski definition) is 2. The lowest BCUT2D eigenvalue weighted by Crippen LogP contribution is -2.46. The number of rotatable bonds is 8. The van der Waals surface area contributed by atoms with Gasteiger partial charge >= 0.3 is 0 Å². The fraction of sp³-hybridized carbons (Fsp3) is 0.333. The van der Waals surface area contributed by atoms with Crippen LogP contribution in [0.25, 0.3) is 21.0 Å². The minimum atomic E-state index is -3.43. The molecule has 1 aliphatic heterocycles. The van der Waals surface area contributed by atoms with E-state index in [0.29, 0.717) is 10.8 Å². The first-order valence-corrected chi connectivity index (χ1v) is 13.4. The second kappa shape index (κ2) is 9.23. The van der Waals surface area contributed by atoms with E-state index in [-0.39, 0.29) is 0 Å². The Balaban J connectivity index is 1.06. The number of fused-ring (bicyclic) bond motifs is 2. The molecule has 0 atom stereocenters. The third kappa shape index (κ3) is 4.54. The van der Waals surface area contributed by atoms with Gasteiger partial charge in [-0.05, 0) is 55.1 Å². The highest BCUT2D eigenvalue weighted by molar-refractivity contribution is 7.91. The highest BCUT2D eigenvalue weighted by atomic mass is 32.2. The molecule has 1 saturated heterocycles. The molecule has 0 unspecified atom stereocenters. The van der Waals surface area contributed by atoms with Gasteiger partial charge in [0.15, 0.2) is 0 Å². The smallest absolute Gasteiger partial charge is 0.250 e. The standard InChI is InChI=1S/C24H28N4O2S2/c29-32(30,24-18-19-6-1-2-9-23(19)31-24)26-11-3-4-13-27-14-16-28(17-15-27)22-8-5-7-21-20(22)10-12-25-21/h1-2,5-10,12,18,25-26H,3-4,11,13-17H2. The first-order valence-electron chi connectivity index (χ1n) is 11.1. The zero-order chi connectivity index (χ0) is 22.0. The summed E-state index contributed by atoms with van der Waals surface area (Å²) in [6, 6.07) is 18.1. The zero-order valence-electron chi connectivity index (χ0n) is 18.0. The van der Waals surface area contributed by atoms with Crippen molar-refractivity contribution in [1.29, 1.82) is 0 Å². The number of anilines is 1. The normalized spacial score (nSPS) is 15.7. The lowest BCUT2D eigenvalue weighted by molar-refractivity contribution is 0.253. The van der Waals surface area contributed by atoms with Crippen LogP contribution in [-0.2, 0) is 10.0 Å². The van der Waals surface area contributed by atoms with Crippen molar-refractivity contribution in [3.8, 4) is 0 Å². The van der Waals surface area contributed by atoms with E-state index in [1.165, 1.54) is 27.9 Å². The summed E-state index contributed by atoms with van der Waals surface area (Å²) in [4.78, 5) is 8.23. The number of piperazine rings is 1. The van der Waals surface area contributed by atoms with Crippen molar-refractivity contribution in [3.63, 3.8) is 0 Å². The Labute approximate surface area is 192 Å². The van der Waals surface area contributed by atoms with E-state index in [1.807, 2.05) is 30.5 Å². The Morgan fingerprint density at radius 2 is 1.81 bits per heavy atom. The molecule has 2 aromatic heterocycles. The maximum Gasteiger partial charge on any atom is 0.250 e. The lowest BCUT2D eigenvalue weighted by atomic mass is 10.1. The fourth-order valence-electron chi connectivity index (χ4n) is 4.38. The van der Waals surface area contributed by atoms with E-state index in [9.17, 15) is 8.42 Å². The van der Waals surface area contributed by atoms with Gasteiger partial charge in [0.05, 0.1) is 0 Å². The Morgan fingerprint density at radius 3 is 2.66 bits per heavy atom. The van der Waals surface area contributed by atoms with Crippen molar-refractivity contribution in [3.05, 3.63) is 60.8 Å². The number of sulfonamides is 1. The quantitative estimate of drug-likeness (QED) is 0.379. The predicted octanol–water partition coefficient (Wildman–Crippen LogP) is 4.26. The lowest BCUT2D eigenvalue weighted by Gasteiger charge is -2.36. The molecule has 1 fully saturated rings. The molecule has 2 aromatic carbocycles. The van der Waals surface area contributed by atoms with Crippen LogP contribution in [0.2, 0.25) is 0 Å². The molecule has 0 saturated carbocycles. The van der Waals surface area contributed by atoms with Crippen LogP contribution in [-0.4, -0.2) is 57.6 Å². The van der Waals surface area contributed by atoms with Crippen molar-refractivity contribution >= 4 is 48.0 Å². The van der Waals surface area contributed by atoms with Crippen LogP contribution in [0.15, 0.2) is 65.0 Å². The van der Waals surface area contributed by atoms with E-state index in [2.05, 4.69) is 43.8 Å². The van der Waals surface area contributed by atoms with Crippen molar-refractivity contribution in [2.24, 2.45) is 0 Å². The molecule has 168 valence electrons. The molecule has 0 aliphatic carbocycles. The zero-order valence-corrected chi connectivity index (χ0v) is 19.6. The molecule has 0 radical (unpaired) electrons. The van der Waals surface area contributed by atoms with Crippen LogP contribution in [0.5, 0.6) is 0 Å². The van der Waals surface area contributed by atoms with E-state index in [4.69, 9.17) is 0 Å². The number of unbranched alkanes of at least 4 members (excludes halogenated alkanes) is 1. The number of H-pyrrole nitrogens is 1. The maximum absolute atomic E-state index is 12.6. The van der Waals surface area contributed by atoms with Crippen LogP contribution in [0.4, 0.5) is 5.69 Å². The van der Waals surface area contributed by atoms with Gasteiger partial charge in [-0.3, -0.25) is 4.90 Å². The van der Waals surface area contributed by atoms with Gasteiger partial charge in [-0.15, -0.1) is 11.3 Å². The molecule has 0 amide bonds. The Morgan fingerprint density at radius 1 is 0.969 bits per heavy atom. The summed E-state index contributed by atoms with van der Waals surface area (Å²) in [7, 11) is -3.43. The third-order valence-corrected chi connectivity index (χ3v) is 9.20. The average Bonchev–Trinajstić information content (AvgIpc) is 3.46. The maximum atomic E-state index is 12.6. The van der Waals surface area contributed by atoms with Crippen LogP contribution in [0.3, 0.4) is 0 Å². The molecular formula is C24H28N4O2S2. The fourth-order valence-corrected chi connectivity index (χ4v) is 6.90. The average molecular weight is 469 g/mol. The first-order chi connectivity index (χ1) is 15.6. The third-order valence-electron chi connectivity index (χ3n) is 6.15. The van der Waals surface area contributed by atoms with Gasteiger partial charge in [0.1, 0.15) is 4.21 Å². The molecule has 32 heavy (non-hydrogen) atoms. The Bertz CT molecular complexity index is 1270. The van der Waals surface area contributed by atoms with Crippen LogP contribution in [0.1, 0.15) is 12.8 Å². The van der Waals surface area contributed by atoms with Crippen LogP contribution < -0.4 is 9.62 Å². The largest absolute Gasteiger partial charge is 0.368 e. The second-order valence-electron chi connectivity index (χ2n) is 8.25. The summed E-state index contributed by atoms with van der Waals surface area (Å²) in [5, 5.41) is 2.26. The van der Waals surface area contributed by atoms with Gasteiger partial charge in [0.2, 0.25) is 10.0 Å². The minimum Gasteiger partial charge on any atom is -0.368 e. The van der Waals surface area contributed by atoms with Gasteiger partial charge in [-0.2, -0.15) is 0 Å². The summed E-state index contributed by atoms with van der Waals surface area (Å²) in [5.74, 6) is 0. The molecule has 6 nitrogen and oxygen atoms in total. The molecular weight excluding hydrogens is 440 g/mol. The van der Waals surface area contributed by atoms with Gasteiger partial charge in [-0.25, -0.2) is 13.1 Å². The van der Waals surface area contributed by atoms with E-state index in [1.54, 1.807) is 6.07 Å². The number of aromatic amines is 1. The number of benzene rings is 2. The molecule has 4 aromatic rings.